The molecule has 0 fully saturated rings. The smallest absolute Gasteiger partial charge is 0.262 e. The van der Waals surface area contributed by atoms with Gasteiger partial charge in [0.15, 0.2) is 16.7 Å². The summed E-state index contributed by atoms with van der Waals surface area (Å²) in [6.07, 6.45) is 0.508. The van der Waals surface area contributed by atoms with Gasteiger partial charge in [-0.25, -0.2) is 4.98 Å². The van der Waals surface area contributed by atoms with Crippen molar-refractivity contribution in [1.29, 1.82) is 0 Å². The van der Waals surface area contributed by atoms with Crippen LogP contribution in [0.5, 0.6) is 23.0 Å². The minimum atomic E-state index is -0.526. The monoisotopic (exact) mass is 549 g/mol. The zero-order valence-electron chi connectivity index (χ0n) is 22.5. The van der Waals surface area contributed by atoms with Gasteiger partial charge in [0.2, 0.25) is 5.91 Å². The second kappa shape index (κ2) is 12.6. The van der Waals surface area contributed by atoms with E-state index in [0.717, 1.165) is 5.56 Å². The van der Waals surface area contributed by atoms with Gasteiger partial charge in [-0.15, -0.1) is 0 Å². The number of nitrogens with zero attached hydrogens (tertiary/aromatic N) is 2. The van der Waals surface area contributed by atoms with Crippen LogP contribution in [0.4, 0.5) is 5.69 Å². The number of para-hydroxylation sites is 2. The number of benzene rings is 3. The molecule has 0 saturated carbocycles. The van der Waals surface area contributed by atoms with Crippen LogP contribution in [0.2, 0.25) is 0 Å². The highest BCUT2D eigenvalue weighted by atomic mass is 32.2. The van der Waals surface area contributed by atoms with Crippen molar-refractivity contribution in [3.8, 4) is 23.0 Å². The van der Waals surface area contributed by atoms with Gasteiger partial charge < -0.3 is 24.3 Å². The van der Waals surface area contributed by atoms with Crippen LogP contribution in [0.3, 0.4) is 0 Å². The first-order valence-corrected chi connectivity index (χ1v) is 13.2. The molecule has 39 heavy (non-hydrogen) atoms. The third kappa shape index (κ3) is 6.12. The molecule has 1 heterocycles. The minimum Gasteiger partial charge on any atom is -0.497 e. The van der Waals surface area contributed by atoms with E-state index >= 15 is 0 Å². The molecule has 1 amide bonds. The van der Waals surface area contributed by atoms with Gasteiger partial charge in [0.05, 0.1) is 56.8 Å². The summed E-state index contributed by atoms with van der Waals surface area (Å²) in [5, 5.41) is 3.22. The van der Waals surface area contributed by atoms with Crippen LogP contribution in [0.1, 0.15) is 18.9 Å². The Morgan fingerprint density at radius 1 is 0.923 bits per heavy atom. The van der Waals surface area contributed by atoms with Crippen LogP contribution in [0.25, 0.3) is 10.9 Å². The number of hydrogen-bond donors (Lipinski definition) is 1. The molecule has 0 aliphatic rings. The Balaban J connectivity index is 1.77. The molecule has 0 radical (unpaired) electrons. The van der Waals surface area contributed by atoms with Crippen molar-refractivity contribution in [3.05, 3.63) is 76.6 Å². The molecule has 0 aliphatic carbocycles. The number of carbonyl (C=O) groups excluding carboxylic acids is 1. The Labute approximate surface area is 231 Å². The number of rotatable bonds is 11. The Morgan fingerprint density at radius 3 is 2.23 bits per heavy atom. The van der Waals surface area contributed by atoms with Gasteiger partial charge >= 0.3 is 0 Å². The van der Waals surface area contributed by atoms with Gasteiger partial charge in [-0.3, -0.25) is 14.2 Å². The average Bonchev–Trinajstić information content (AvgIpc) is 2.97. The van der Waals surface area contributed by atoms with Gasteiger partial charge in [-0.05, 0) is 42.3 Å². The van der Waals surface area contributed by atoms with E-state index in [2.05, 4.69) is 5.32 Å². The number of ether oxygens (including phenoxy) is 4. The summed E-state index contributed by atoms with van der Waals surface area (Å²) < 4.78 is 23.1. The molecule has 9 nitrogen and oxygen atoms in total. The number of anilines is 1. The van der Waals surface area contributed by atoms with Crippen molar-refractivity contribution in [2.75, 3.05) is 33.8 Å². The van der Waals surface area contributed by atoms with Crippen molar-refractivity contribution < 1.29 is 23.7 Å². The van der Waals surface area contributed by atoms with E-state index in [0.29, 0.717) is 51.2 Å². The van der Waals surface area contributed by atoms with Crippen molar-refractivity contribution in [2.24, 2.45) is 0 Å². The molecule has 0 bridgehead atoms. The molecule has 0 spiro atoms. The molecule has 4 rings (SSSR count). The lowest BCUT2D eigenvalue weighted by molar-refractivity contribution is -0.115. The van der Waals surface area contributed by atoms with E-state index in [-0.39, 0.29) is 18.0 Å². The third-order valence-electron chi connectivity index (χ3n) is 6.20. The number of hydrogen-bond acceptors (Lipinski definition) is 8. The first kappa shape index (κ1) is 27.8. The van der Waals surface area contributed by atoms with Gasteiger partial charge in [0.25, 0.3) is 5.56 Å². The predicted octanol–water partition coefficient (Wildman–Crippen LogP) is 4.99. The van der Waals surface area contributed by atoms with E-state index in [4.69, 9.17) is 23.9 Å². The largest absolute Gasteiger partial charge is 0.497 e. The van der Waals surface area contributed by atoms with Crippen molar-refractivity contribution in [2.45, 2.75) is 30.3 Å². The average molecular weight is 550 g/mol. The zero-order chi connectivity index (χ0) is 27.9. The number of carbonyl (C=O) groups is 1. The van der Waals surface area contributed by atoms with Gasteiger partial charge in [0, 0.05) is 6.07 Å². The lowest BCUT2D eigenvalue weighted by atomic mass is 10.2. The number of thioether (sulfide) groups is 1. The summed E-state index contributed by atoms with van der Waals surface area (Å²) in [6, 6.07) is 18.0. The molecular formula is C29H31N3O6S. The number of aromatic nitrogens is 2. The maximum Gasteiger partial charge on any atom is 0.262 e. The molecule has 0 unspecified atom stereocenters. The van der Waals surface area contributed by atoms with E-state index in [1.165, 1.54) is 26.0 Å². The minimum absolute atomic E-state index is 0.218. The Morgan fingerprint density at radius 2 is 1.59 bits per heavy atom. The summed E-state index contributed by atoms with van der Waals surface area (Å²) in [5.41, 5.74) is 1.65. The molecule has 0 aliphatic heterocycles. The summed E-state index contributed by atoms with van der Waals surface area (Å²) in [5.74, 6) is 1.95. The molecule has 1 N–H and O–H groups in total. The number of fused-ring (bicyclic) bond motifs is 1. The maximum atomic E-state index is 13.8. The first-order chi connectivity index (χ1) is 18.9. The second-order valence-electron chi connectivity index (χ2n) is 8.56. The van der Waals surface area contributed by atoms with Gasteiger partial charge in [-0.2, -0.15) is 0 Å². The second-order valence-corrected chi connectivity index (χ2v) is 9.73. The highest BCUT2D eigenvalue weighted by Gasteiger charge is 2.24. The fourth-order valence-corrected chi connectivity index (χ4v) is 5.09. The Kier molecular flexibility index (Phi) is 8.98. The van der Waals surface area contributed by atoms with Crippen molar-refractivity contribution >= 4 is 34.3 Å². The normalized spacial score (nSPS) is 11.6. The zero-order valence-corrected chi connectivity index (χ0v) is 23.3. The van der Waals surface area contributed by atoms with E-state index in [9.17, 15) is 9.59 Å². The molecule has 0 saturated heterocycles. The summed E-state index contributed by atoms with van der Waals surface area (Å²) >= 11 is 1.24. The summed E-state index contributed by atoms with van der Waals surface area (Å²) in [7, 11) is 6.20. The fourth-order valence-electron chi connectivity index (χ4n) is 4.08. The van der Waals surface area contributed by atoms with Crippen LogP contribution in [-0.4, -0.2) is 49.1 Å². The van der Waals surface area contributed by atoms with E-state index in [1.54, 1.807) is 43.1 Å². The maximum absolute atomic E-state index is 13.8. The van der Waals surface area contributed by atoms with Crippen LogP contribution in [0, 0.1) is 0 Å². The number of amides is 1. The quantitative estimate of drug-likeness (QED) is 0.206. The highest BCUT2D eigenvalue weighted by molar-refractivity contribution is 8.00. The van der Waals surface area contributed by atoms with Crippen LogP contribution in [0.15, 0.2) is 70.6 Å². The Hall–Kier alpha value is -4.18. The molecular weight excluding hydrogens is 518 g/mol. The number of methoxy groups -OCH3 is 4. The summed E-state index contributed by atoms with van der Waals surface area (Å²) in [6.45, 7) is 2.17. The van der Waals surface area contributed by atoms with Crippen molar-refractivity contribution in [3.63, 3.8) is 0 Å². The van der Waals surface area contributed by atoms with E-state index < -0.39 is 5.25 Å². The van der Waals surface area contributed by atoms with Crippen LogP contribution in [-0.2, 0) is 11.3 Å². The van der Waals surface area contributed by atoms with Crippen molar-refractivity contribution in [1.82, 2.24) is 9.55 Å². The van der Waals surface area contributed by atoms with Crippen LogP contribution >= 0.6 is 11.8 Å². The lowest BCUT2D eigenvalue weighted by Gasteiger charge is -2.19. The van der Waals surface area contributed by atoms with Gasteiger partial charge in [-0.1, -0.05) is 43.0 Å². The third-order valence-corrected chi connectivity index (χ3v) is 7.55. The predicted molar refractivity (Wildman–Crippen MR) is 153 cm³/mol. The number of nitrogens with one attached hydrogen (secondary N) is 1. The van der Waals surface area contributed by atoms with E-state index in [1.807, 2.05) is 43.3 Å². The topological polar surface area (TPSA) is 101 Å². The molecule has 1 aromatic heterocycles. The fraction of sp³-hybridized carbons (Fsp3) is 0.276. The molecule has 4 aromatic rings. The molecule has 10 heteroatoms. The molecule has 3 aromatic carbocycles. The lowest BCUT2D eigenvalue weighted by Crippen LogP contribution is -2.28. The van der Waals surface area contributed by atoms with Crippen LogP contribution < -0.4 is 29.8 Å². The summed E-state index contributed by atoms with van der Waals surface area (Å²) in [4.78, 5) is 32.0. The van der Waals surface area contributed by atoms with Gasteiger partial charge in [0.1, 0.15) is 11.5 Å². The molecule has 204 valence electrons. The molecule has 1 atom stereocenters. The standard InChI is InChI=1S/C29H31N3O6S/c1-6-26(27(33)30-21-9-7-8-10-23(21)36-3)39-29-31-22-16-25(38-5)24(37-4)15-20(22)28(34)32(29)17-18-11-13-19(35-2)14-12-18/h7-16,26H,6,17H2,1-5H3,(H,30,33)/t26-/m0/s1. The SMILES string of the molecule is CC[C@H](Sc1nc2cc(OC)c(OC)cc2c(=O)n1Cc1ccc(OC)cc1)C(=O)Nc1ccccc1OC. The Bertz CT molecular complexity index is 1520. The highest BCUT2D eigenvalue weighted by Crippen LogP contribution is 2.33. The first-order valence-electron chi connectivity index (χ1n) is 12.3.